The molecule has 1 N–H and O–H groups in total. The summed E-state index contributed by atoms with van der Waals surface area (Å²) in [6.45, 7) is 8.28. The smallest absolute Gasteiger partial charge is 0.344 e. The van der Waals surface area contributed by atoms with E-state index in [-0.39, 0.29) is 0 Å². The molecule has 0 saturated carbocycles. The normalized spacial score (nSPS) is 12.6. The van der Waals surface area contributed by atoms with Crippen molar-refractivity contribution in [2.24, 2.45) is 5.92 Å². The summed E-state index contributed by atoms with van der Waals surface area (Å²) in [5, 5.41) is 9.83. The summed E-state index contributed by atoms with van der Waals surface area (Å²) < 4.78 is 4.93. The molecule has 3 heteroatoms. The van der Waals surface area contributed by atoms with E-state index in [0.29, 0.717) is 11.5 Å². The second-order valence-electron chi connectivity index (χ2n) is 5.50. The highest BCUT2D eigenvalue weighted by Crippen LogP contribution is 2.15. The summed E-state index contributed by atoms with van der Waals surface area (Å²) in [5.74, 6) is -0.00643. The maximum Gasteiger partial charge on any atom is 0.344 e. The van der Waals surface area contributed by atoms with Gasteiger partial charge in [-0.2, -0.15) is 0 Å². The Morgan fingerprint density at radius 1 is 1.33 bits per heavy atom. The van der Waals surface area contributed by atoms with Gasteiger partial charge in [-0.1, -0.05) is 62.8 Å². The van der Waals surface area contributed by atoms with E-state index >= 15 is 0 Å². The van der Waals surface area contributed by atoms with Gasteiger partial charge in [0.1, 0.15) is 0 Å². The number of allylic oxidation sites excluding steroid dienone is 2. The molecule has 114 valence electrons. The van der Waals surface area contributed by atoms with Gasteiger partial charge in [-0.3, -0.25) is 0 Å². The van der Waals surface area contributed by atoms with Gasteiger partial charge in [0, 0.05) is 0 Å². The van der Waals surface area contributed by atoms with Gasteiger partial charge in [0.2, 0.25) is 0 Å². The Balaban J connectivity index is 2.35. The van der Waals surface area contributed by atoms with Crippen LogP contribution in [0.3, 0.4) is 0 Å². The molecule has 0 aliphatic heterocycles. The van der Waals surface area contributed by atoms with Gasteiger partial charge in [-0.15, -0.1) is 0 Å². The predicted octanol–water partition coefficient (Wildman–Crippen LogP) is 4.16. The minimum Gasteiger partial charge on any atom is -0.432 e. The zero-order valence-corrected chi connectivity index (χ0v) is 12.8. The Morgan fingerprint density at radius 3 is 2.62 bits per heavy atom. The number of aliphatic hydroxyl groups is 1. The second-order valence-corrected chi connectivity index (χ2v) is 5.50. The minimum atomic E-state index is -1.26. The van der Waals surface area contributed by atoms with Crippen molar-refractivity contribution in [3.63, 3.8) is 0 Å². The highest BCUT2D eigenvalue weighted by Gasteiger charge is 2.17. The van der Waals surface area contributed by atoms with Crippen LogP contribution < -0.4 is 0 Å². The number of hydrogen-bond donors (Lipinski definition) is 1. The fraction of sp³-hybridized carbons (Fsp3) is 0.389. The molecule has 21 heavy (non-hydrogen) atoms. The third-order valence-corrected chi connectivity index (χ3v) is 3.11. The van der Waals surface area contributed by atoms with Gasteiger partial charge >= 0.3 is 5.97 Å². The monoisotopic (exact) mass is 288 g/mol. The third kappa shape index (κ3) is 6.91. The van der Waals surface area contributed by atoms with E-state index in [1.807, 2.05) is 6.07 Å². The third-order valence-electron chi connectivity index (χ3n) is 3.11. The first kappa shape index (κ1) is 17.2. The number of esters is 1. The van der Waals surface area contributed by atoms with Crippen molar-refractivity contribution in [2.45, 2.75) is 39.2 Å². The van der Waals surface area contributed by atoms with Crippen LogP contribution in [0.25, 0.3) is 0 Å². The first-order valence-electron chi connectivity index (χ1n) is 7.28. The summed E-state index contributed by atoms with van der Waals surface area (Å²) in [4.78, 5) is 11.7. The Labute approximate surface area is 127 Å². The van der Waals surface area contributed by atoms with Crippen LogP contribution in [-0.4, -0.2) is 11.1 Å². The van der Waals surface area contributed by atoms with E-state index in [4.69, 9.17) is 4.74 Å². The summed E-state index contributed by atoms with van der Waals surface area (Å²) in [5.41, 5.74) is 1.43. The lowest BCUT2D eigenvalue weighted by Gasteiger charge is -2.08. The molecule has 0 spiro atoms. The number of rotatable bonds is 8. The Hall–Kier alpha value is -1.87. The Morgan fingerprint density at radius 2 is 2.00 bits per heavy atom. The zero-order valence-electron chi connectivity index (χ0n) is 12.8. The summed E-state index contributed by atoms with van der Waals surface area (Å²) >= 11 is 0. The highest BCUT2D eigenvalue weighted by atomic mass is 16.5. The topological polar surface area (TPSA) is 46.5 Å². The average molecular weight is 288 g/mol. The Kier molecular flexibility index (Phi) is 7.48. The SMILES string of the molecule is C=C(C=COC(=O)[C@H](O)c1ccccc1)CCCC(C)C. The summed E-state index contributed by atoms with van der Waals surface area (Å²) in [6.07, 6.45) is 4.82. The molecule has 1 rings (SSSR count). The van der Waals surface area contributed by atoms with Crippen LogP contribution in [0.2, 0.25) is 0 Å². The van der Waals surface area contributed by atoms with Gasteiger partial charge in [0.15, 0.2) is 6.10 Å². The van der Waals surface area contributed by atoms with Crippen LogP contribution in [0.1, 0.15) is 44.8 Å². The molecule has 0 heterocycles. The van der Waals surface area contributed by atoms with Crippen molar-refractivity contribution in [1.29, 1.82) is 0 Å². The molecule has 0 amide bonds. The molecule has 0 bridgehead atoms. The molecule has 3 nitrogen and oxygen atoms in total. The summed E-state index contributed by atoms with van der Waals surface area (Å²) in [6, 6.07) is 8.71. The van der Waals surface area contributed by atoms with Crippen LogP contribution in [0.5, 0.6) is 0 Å². The first-order valence-corrected chi connectivity index (χ1v) is 7.28. The fourth-order valence-corrected chi connectivity index (χ4v) is 1.85. The lowest BCUT2D eigenvalue weighted by molar-refractivity contribution is -0.148. The molecule has 0 saturated heterocycles. The molecular formula is C18H24O3. The largest absolute Gasteiger partial charge is 0.432 e. The number of carbonyl (C=O) groups excluding carboxylic acids is 1. The van der Waals surface area contributed by atoms with E-state index < -0.39 is 12.1 Å². The van der Waals surface area contributed by atoms with Crippen molar-refractivity contribution < 1.29 is 14.6 Å². The van der Waals surface area contributed by atoms with E-state index in [1.165, 1.54) is 6.26 Å². The summed E-state index contributed by atoms with van der Waals surface area (Å²) in [7, 11) is 0. The number of aliphatic hydroxyl groups excluding tert-OH is 1. The van der Waals surface area contributed by atoms with Crippen LogP contribution in [0, 0.1) is 5.92 Å². The van der Waals surface area contributed by atoms with Gasteiger partial charge < -0.3 is 9.84 Å². The molecule has 0 radical (unpaired) electrons. The van der Waals surface area contributed by atoms with Gasteiger partial charge in [0.05, 0.1) is 6.26 Å². The number of benzene rings is 1. The van der Waals surface area contributed by atoms with Crippen LogP contribution >= 0.6 is 0 Å². The second kappa shape index (κ2) is 9.14. The predicted molar refractivity (Wildman–Crippen MR) is 84.5 cm³/mol. The lowest BCUT2D eigenvalue weighted by atomic mass is 10.0. The fourth-order valence-electron chi connectivity index (χ4n) is 1.85. The quantitative estimate of drug-likeness (QED) is 0.444. The highest BCUT2D eigenvalue weighted by molar-refractivity contribution is 5.76. The molecule has 1 atom stereocenters. The molecule has 0 aromatic heterocycles. The number of hydrogen-bond acceptors (Lipinski definition) is 3. The molecule has 0 unspecified atom stereocenters. The van der Waals surface area contributed by atoms with Crippen molar-refractivity contribution in [3.8, 4) is 0 Å². The van der Waals surface area contributed by atoms with Crippen LogP contribution in [-0.2, 0) is 9.53 Å². The average Bonchev–Trinajstić information content (AvgIpc) is 2.46. The molecule has 0 aliphatic rings. The number of ether oxygens (including phenoxy) is 1. The Bertz CT molecular complexity index is 474. The maximum atomic E-state index is 11.7. The molecular weight excluding hydrogens is 264 g/mol. The van der Waals surface area contributed by atoms with Crippen LogP contribution in [0.15, 0.2) is 54.8 Å². The van der Waals surface area contributed by atoms with Gasteiger partial charge in [-0.05, 0) is 30.4 Å². The zero-order chi connectivity index (χ0) is 15.7. The van der Waals surface area contributed by atoms with E-state index in [2.05, 4.69) is 20.4 Å². The minimum absolute atomic E-state index is 0.520. The number of carbonyl (C=O) groups is 1. The molecule has 0 aliphatic carbocycles. The van der Waals surface area contributed by atoms with Crippen molar-refractivity contribution >= 4 is 5.97 Å². The van der Waals surface area contributed by atoms with Gasteiger partial charge in [-0.25, -0.2) is 4.79 Å². The van der Waals surface area contributed by atoms with Crippen LogP contribution in [0.4, 0.5) is 0 Å². The first-order chi connectivity index (χ1) is 10.0. The lowest BCUT2D eigenvalue weighted by Crippen LogP contribution is -2.12. The molecule has 1 aromatic carbocycles. The van der Waals surface area contributed by atoms with E-state index in [0.717, 1.165) is 24.8 Å². The molecule has 0 fully saturated rings. The van der Waals surface area contributed by atoms with Crippen molar-refractivity contribution in [1.82, 2.24) is 0 Å². The standard InChI is InChI=1S/C18H24O3/c1-14(2)8-7-9-15(3)12-13-21-18(20)17(19)16-10-5-4-6-11-16/h4-6,10-14,17,19H,3,7-9H2,1-2H3/t17-/m1/s1. The van der Waals surface area contributed by atoms with Gasteiger partial charge in [0.25, 0.3) is 0 Å². The van der Waals surface area contributed by atoms with Crippen molar-refractivity contribution in [2.75, 3.05) is 0 Å². The van der Waals surface area contributed by atoms with Crippen molar-refractivity contribution in [3.05, 3.63) is 60.4 Å². The van der Waals surface area contributed by atoms with E-state index in [1.54, 1.807) is 30.3 Å². The van der Waals surface area contributed by atoms with E-state index in [9.17, 15) is 9.90 Å². The molecule has 1 aromatic rings. The maximum absolute atomic E-state index is 11.7.